The van der Waals surface area contributed by atoms with E-state index in [0.717, 1.165) is 24.1 Å². The van der Waals surface area contributed by atoms with E-state index >= 15 is 0 Å². The molecule has 116 valence electrons. The average molecular weight is 320 g/mol. The minimum atomic E-state index is -0.0118. The molecule has 22 heavy (non-hydrogen) atoms. The van der Waals surface area contributed by atoms with Crippen LogP contribution in [0.1, 0.15) is 23.3 Å². The van der Waals surface area contributed by atoms with E-state index in [-0.39, 0.29) is 12.0 Å². The molecule has 0 bridgehead atoms. The molecule has 0 unspecified atom stereocenters. The summed E-state index contributed by atoms with van der Waals surface area (Å²) in [5, 5.41) is 7.74. The molecule has 0 spiro atoms. The van der Waals surface area contributed by atoms with Gasteiger partial charge in [0.1, 0.15) is 5.69 Å². The highest BCUT2D eigenvalue weighted by Crippen LogP contribution is 2.21. The molecule has 6 heteroatoms. The van der Waals surface area contributed by atoms with Gasteiger partial charge in [0.15, 0.2) is 0 Å². The maximum Gasteiger partial charge on any atom is 0.271 e. The molecule has 1 fully saturated rings. The number of halogens is 1. The second kappa shape index (κ2) is 6.50. The van der Waals surface area contributed by atoms with E-state index in [0.29, 0.717) is 23.8 Å². The van der Waals surface area contributed by atoms with Crippen molar-refractivity contribution in [3.8, 4) is 11.3 Å². The smallest absolute Gasteiger partial charge is 0.271 e. The SMILES string of the molecule is COC1CCN(C(=O)c2cc(-c3ccc(Cl)cc3)n[nH]2)CC1. The number of carbonyl (C=O) groups is 1. The fourth-order valence-electron chi connectivity index (χ4n) is 2.66. The van der Waals surface area contributed by atoms with Gasteiger partial charge in [-0.15, -0.1) is 0 Å². The molecule has 0 saturated carbocycles. The molecule has 1 amide bonds. The highest BCUT2D eigenvalue weighted by Gasteiger charge is 2.24. The summed E-state index contributed by atoms with van der Waals surface area (Å²) in [7, 11) is 1.72. The molecule has 3 rings (SSSR count). The summed E-state index contributed by atoms with van der Waals surface area (Å²) in [5.41, 5.74) is 2.19. The molecule has 1 aliphatic rings. The standard InChI is InChI=1S/C16H18ClN3O2/c1-22-13-6-8-20(9-7-13)16(21)15-10-14(18-19-15)11-2-4-12(17)5-3-11/h2-5,10,13H,6-9H2,1H3,(H,18,19). The van der Waals surface area contributed by atoms with E-state index in [9.17, 15) is 4.79 Å². The zero-order valence-corrected chi connectivity index (χ0v) is 13.1. The molecule has 1 N–H and O–H groups in total. The van der Waals surface area contributed by atoms with Crippen molar-refractivity contribution in [3.05, 3.63) is 41.0 Å². The number of benzene rings is 1. The van der Waals surface area contributed by atoms with E-state index in [4.69, 9.17) is 16.3 Å². The summed E-state index contributed by atoms with van der Waals surface area (Å²) in [4.78, 5) is 14.3. The van der Waals surface area contributed by atoms with Gasteiger partial charge >= 0.3 is 0 Å². The average Bonchev–Trinajstić information content (AvgIpc) is 3.05. The number of nitrogens with zero attached hydrogens (tertiary/aromatic N) is 2. The van der Waals surface area contributed by atoms with Gasteiger partial charge in [-0.1, -0.05) is 23.7 Å². The lowest BCUT2D eigenvalue weighted by atomic mass is 10.1. The molecule has 0 aliphatic carbocycles. The highest BCUT2D eigenvalue weighted by molar-refractivity contribution is 6.30. The topological polar surface area (TPSA) is 58.2 Å². The lowest BCUT2D eigenvalue weighted by Gasteiger charge is -2.30. The van der Waals surface area contributed by atoms with E-state index in [1.54, 1.807) is 13.2 Å². The molecule has 0 radical (unpaired) electrons. The number of aromatic nitrogens is 2. The fraction of sp³-hybridized carbons (Fsp3) is 0.375. The van der Waals surface area contributed by atoms with Gasteiger partial charge in [0.25, 0.3) is 5.91 Å². The Kier molecular flexibility index (Phi) is 4.45. The molecule has 1 aromatic heterocycles. The van der Waals surface area contributed by atoms with Crippen LogP contribution in [-0.2, 0) is 4.74 Å². The van der Waals surface area contributed by atoms with Crippen molar-refractivity contribution in [1.82, 2.24) is 15.1 Å². The van der Waals surface area contributed by atoms with Gasteiger partial charge in [0.05, 0.1) is 11.8 Å². The van der Waals surface area contributed by atoms with E-state index in [1.807, 2.05) is 29.2 Å². The van der Waals surface area contributed by atoms with Crippen LogP contribution in [0.5, 0.6) is 0 Å². The number of nitrogens with one attached hydrogen (secondary N) is 1. The van der Waals surface area contributed by atoms with Crippen LogP contribution in [0.4, 0.5) is 0 Å². The second-order valence-corrected chi connectivity index (χ2v) is 5.84. The molecule has 0 atom stereocenters. The number of carbonyl (C=O) groups excluding carboxylic acids is 1. The van der Waals surface area contributed by atoms with Gasteiger partial charge in [-0.3, -0.25) is 9.89 Å². The molecular weight excluding hydrogens is 302 g/mol. The Labute approximate surface area is 134 Å². The number of piperidine rings is 1. The predicted molar refractivity (Wildman–Crippen MR) is 85.0 cm³/mol. The number of aromatic amines is 1. The van der Waals surface area contributed by atoms with Gasteiger partial charge in [-0.05, 0) is 31.0 Å². The zero-order valence-electron chi connectivity index (χ0n) is 12.4. The van der Waals surface area contributed by atoms with Crippen molar-refractivity contribution in [2.45, 2.75) is 18.9 Å². The van der Waals surface area contributed by atoms with E-state index in [1.165, 1.54) is 0 Å². The van der Waals surface area contributed by atoms with Crippen LogP contribution in [0.2, 0.25) is 5.02 Å². The number of hydrogen-bond acceptors (Lipinski definition) is 3. The van der Waals surface area contributed by atoms with Gasteiger partial charge in [-0.25, -0.2) is 0 Å². The van der Waals surface area contributed by atoms with Crippen LogP contribution in [0.15, 0.2) is 30.3 Å². The molecule has 2 heterocycles. The zero-order chi connectivity index (χ0) is 15.5. The third kappa shape index (κ3) is 3.15. The number of H-pyrrole nitrogens is 1. The number of likely N-dealkylation sites (tertiary alicyclic amines) is 1. The first-order chi connectivity index (χ1) is 10.7. The van der Waals surface area contributed by atoms with Gasteiger partial charge in [0, 0.05) is 30.8 Å². The number of ether oxygens (including phenoxy) is 1. The summed E-state index contributed by atoms with van der Waals surface area (Å²) in [6.07, 6.45) is 2.01. The predicted octanol–water partition coefficient (Wildman–Crippen LogP) is 2.98. The monoisotopic (exact) mass is 319 g/mol. The molecular formula is C16H18ClN3O2. The van der Waals surface area contributed by atoms with Crippen molar-refractivity contribution >= 4 is 17.5 Å². The Morgan fingerprint density at radius 1 is 1.32 bits per heavy atom. The van der Waals surface area contributed by atoms with Crippen molar-refractivity contribution in [3.63, 3.8) is 0 Å². The third-order valence-electron chi connectivity index (χ3n) is 4.01. The van der Waals surface area contributed by atoms with Crippen LogP contribution in [0, 0.1) is 0 Å². The molecule has 1 saturated heterocycles. The maximum atomic E-state index is 12.5. The lowest BCUT2D eigenvalue weighted by molar-refractivity contribution is 0.0347. The Morgan fingerprint density at radius 3 is 2.64 bits per heavy atom. The van der Waals surface area contributed by atoms with Gasteiger partial charge < -0.3 is 9.64 Å². The number of methoxy groups -OCH3 is 1. The normalized spacial score (nSPS) is 16.0. The Bertz CT molecular complexity index is 646. The van der Waals surface area contributed by atoms with E-state index in [2.05, 4.69) is 10.2 Å². The van der Waals surface area contributed by atoms with Crippen LogP contribution in [-0.4, -0.2) is 47.3 Å². The first-order valence-electron chi connectivity index (χ1n) is 7.31. The summed E-state index contributed by atoms with van der Waals surface area (Å²) >= 11 is 5.88. The van der Waals surface area contributed by atoms with E-state index < -0.39 is 0 Å². The molecule has 5 nitrogen and oxygen atoms in total. The van der Waals surface area contributed by atoms with Crippen molar-refractivity contribution in [1.29, 1.82) is 0 Å². The lowest BCUT2D eigenvalue weighted by Crippen LogP contribution is -2.40. The highest BCUT2D eigenvalue weighted by atomic mass is 35.5. The van der Waals surface area contributed by atoms with Crippen LogP contribution in [0.3, 0.4) is 0 Å². The van der Waals surface area contributed by atoms with Gasteiger partial charge in [0.2, 0.25) is 0 Å². The minimum Gasteiger partial charge on any atom is -0.381 e. The first kappa shape index (κ1) is 15.1. The number of hydrogen-bond donors (Lipinski definition) is 1. The van der Waals surface area contributed by atoms with Crippen molar-refractivity contribution in [2.24, 2.45) is 0 Å². The maximum absolute atomic E-state index is 12.5. The first-order valence-corrected chi connectivity index (χ1v) is 7.68. The van der Waals surface area contributed by atoms with Crippen molar-refractivity contribution in [2.75, 3.05) is 20.2 Å². The summed E-state index contributed by atoms with van der Waals surface area (Å²) in [6.45, 7) is 1.43. The Balaban J connectivity index is 1.71. The summed E-state index contributed by atoms with van der Waals surface area (Å²) in [6, 6.07) is 9.17. The van der Waals surface area contributed by atoms with Gasteiger partial charge in [-0.2, -0.15) is 5.10 Å². The third-order valence-corrected chi connectivity index (χ3v) is 4.26. The number of amides is 1. The molecule has 1 aromatic carbocycles. The summed E-state index contributed by atoms with van der Waals surface area (Å²) in [5.74, 6) is -0.0118. The second-order valence-electron chi connectivity index (χ2n) is 5.40. The Hall–Kier alpha value is -1.85. The number of rotatable bonds is 3. The van der Waals surface area contributed by atoms with Crippen LogP contribution < -0.4 is 0 Å². The minimum absolute atomic E-state index is 0.0118. The largest absolute Gasteiger partial charge is 0.381 e. The quantitative estimate of drug-likeness (QED) is 0.946. The fourth-order valence-corrected chi connectivity index (χ4v) is 2.79. The summed E-state index contributed by atoms with van der Waals surface area (Å²) < 4.78 is 5.33. The molecule has 1 aliphatic heterocycles. The molecule has 2 aromatic rings. The van der Waals surface area contributed by atoms with Crippen LogP contribution in [0.25, 0.3) is 11.3 Å². The van der Waals surface area contributed by atoms with Crippen LogP contribution >= 0.6 is 11.6 Å². The Morgan fingerprint density at radius 2 is 2.00 bits per heavy atom. The van der Waals surface area contributed by atoms with Crippen molar-refractivity contribution < 1.29 is 9.53 Å².